The molecule has 0 radical (unpaired) electrons. The average Bonchev–Trinajstić information content (AvgIpc) is 2.51. The van der Waals surface area contributed by atoms with E-state index in [1.165, 1.54) is 0 Å². The number of benzene rings is 2. The molecule has 2 aromatic rings. The lowest BCUT2D eigenvalue weighted by Gasteiger charge is -2.19. The fraction of sp³-hybridized carbons (Fsp3) is 0.250. The molecular formula is C20H22N2O2. The summed E-state index contributed by atoms with van der Waals surface area (Å²) >= 11 is 0. The van der Waals surface area contributed by atoms with E-state index in [0.717, 1.165) is 16.9 Å². The number of ether oxygens (including phenoxy) is 1. The summed E-state index contributed by atoms with van der Waals surface area (Å²) in [6.45, 7) is 5.71. The lowest BCUT2D eigenvalue weighted by atomic mass is 10.2. The van der Waals surface area contributed by atoms with Crippen molar-refractivity contribution >= 4 is 17.5 Å². The van der Waals surface area contributed by atoms with E-state index < -0.39 is 11.7 Å². The van der Waals surface area contributed by atoms with E-state index >= 15 is 0 Å². The lowest BCUT2D eigenvalue weighted by Crippen LogP contribution is -2.32. The van der Waals surface area contributed by atoms with Gasteiger partial charge in [0.2, 0.25) is 0 Å². The maximum atomic E-state index is 11.5. The zero-order valence-corrected chi connectivity index (χ0v) is 14.2. The van der Waals surface area contributed by atoms with Crippen LogP contribution in [0.15, 0.2) is 54.6 Å². The summed E-state index contributed by atoms with van der Waals surface area (Å²) in [7, 11) is 0. The van der Waals surface area contributed by atoms with Gasteiger partial charge in [-0.1, -0.05) is 36.1 Å². The van der Waals surface area contributed by atoms with Crippen LogP contribution in [0.1, 0.15) is 26.3 Å². The van der Waals surface area contributed by atoms with Gasteiger partial charge < -0.3 is 15.4 Å². The summed E-state index contributed by atoms with van der Waals surface area (Å²) in [5, 5.41) is 5.93. The van der Waals surface area contributed by atoms with Gasteiger partial charge in [-0.2, -0.15) is 0 Å². The molecule has 1 amide bonds. The number of rotatable bonds is 3. The van der Waals surface area contributed by atoms with Crippen molar-refractivity contribution in [2.24, 2.45) is 0 Å². The van der Waals surface area contributed by atoms with Crippen LogP contribution in [0.4, 0.5) is 16.2 Å². The van der Waals surface area contributed by atoms with E-state index in [-0.39, 0.29) is 6.54 Å². The van der Waals surface area contributed by atoms with Gasteiger partial charge in [0.15, 0.2) is 0 Å². The van der Waals surface area contributed by atoms with Crippen molar-refractivity contribution in [2.75, 3.05) is 11.9 Å². The molecule has 0 saturated heterocycles. The quantitative estimate of drug-likeness (QED) is 0.828. The number of hydrogen-bond donors (Lipinski definition) is 2. The number of alkyl carbamates (subject to hydrolysis) is 1. The first-order chi connectivity index (χ1) is 11.4. The van der Waals surface area contributed by atoms with Crippen molar-refractivity contribution in [3.8, 4) is 11.8 Å². The Kier molecular flexibility index (Phi) is 5.86. The largest absolute Gasteiger partial charge is 0.444 e. The highest BCUT2D eigenvalue weighted by Crippen LogP contribution is 2.16. The summed E-state index contributed by atoms with van der Waals surface area (Å²) in [5.74, 6) is 5.95. The normalized spacial score (nSPS) is 10.3. The van der Waals surface area contributed by atoms with E-state index in [2.05, 4.69) is 22.5 Å². The SMILES string of the molecule is CC(C)(C)OC(=O)NCC#Cc1cccc(Nc2ccccc2)c1. The Balaban J connectivity index is 1.90. The third kappa shape index (κ3) is 6.45. The van der Waals surface area contributed by atoms with Crippen molar-refractivity contribution in [2.45, 2.75) is 26.4 Å². The number of nitrogens with one attached hydrogen (secondary N) is 2. The van der Waals surface area contributed by atoms with Crippen LogP contribution in [0.25, 0.3) is 0 Å². The lowest BCUT2D eigenvalue weighted by molar-refractivity contribution is 0.0535. The van der Waals surface area contributed by atoms with Crippen molar-refractivity contribution in [3.05, 3.63) is 60.2 Å². The summed E-state index contributed by atoms with van der Waals surface area (Å²) in [5.41, 5.74) is 2.36. The second kappa shape index (κ2) is 8.07. The fourth-order valence-electron chi connectivity index (χ4n) is 1.94. The molecule has 0 saturated carbocycles. The fourth-order valence-corrected chi connectivity index (χ4v) is 1.94. The van der Waals surface area contributed by atoms with E-state index in [9.17, 15) is 4.79 Å². The minimum Gasteiger partial charge on any atom is -0.444 e. The summed E-state index contributed by atoms with van der Waals surface area (Å²) in [6.07, 6.45) is -0.462. The van der Waals surface area contributed by atoms with Crippen LogP contribution in [0, 0.1) is 11.8 Å². The van der Waals surface area contributed by atoms with Crippen LogP contribution in [0.2, 0.25) is 0 Å². The molecule has 2 aromatic carbocycles. The van der Waals surface area contributed by atoms with Gasteiger partial charge in [-0.25, -0.2) is 4.79 Å². The van der Waals surface area contributed by atoms with Crippen molar-refractivity contribution in [3.63, 3.8) is 0 Å². The molecule has 0 spiro atoms. The van der Waals surface area contributed by atoms with Crippen LogP contribution in [-0.4, -0.2) is 18.2 Å². The first-order valence-electron chi connectivity index (χ1n) is 7.80. The topological polar surface area (TPSA) is 50.4 Å². The Hall–Kier alpha value is -2.93. The van der Waals surface area contributed by atoms with Crippen LogP contribution < -0.4 is 10.6 Å². The molecule has 0 aliphatic carbocycles. The van der Waals surface area contributed by atoms with E-state index in [1.807, 2.05) is 75.4 Å². The van der Waals surface area contributed by atoms with Gasteiger partial charge in [-0.05, 0) is 51.1 Å². The van der Waals surface area contributed by atoms with E-state index in [1.54, 1.807) is 0 Å². The molecule has 0 aliphatic heterocycles. The predicted molar refractivity (Wildman–Crippen MR) is 97.3 cm³/mol. The van der Waals surface area contributed by atoms with Crippen molar-refractivity contribution in [1.29, 1.82) is 0 Å². The molecule has 0 aromatic heterocycles. The standard InChI is InChI=1S/C20H22N2O2/c1-20(2,3)24-19(23)21-14-8-10-16-9-7-13-18(15-16)22-17-11-5-4-6-12-17/h4-7,9,11-13,15,22H,14H2,1-3H3,(H,21,23). The third-order valence-corrected chi connectivity index (χ3v) is 2.88. The summed E-state index contributed by atoms with van der Waals surface area (Å²) < 4.78 is 5.15. The molecular weight excluding hydrogens is 300 g/mol. The monoisotopic (exact) mass is 322 g/mol. The van der Waals surface area contributed by atoms with Gasteiger partial charge in [0.1, 0.15) is 5.60 Å². The maximum Gasteiger partial charge on any atom is 0.408 e. The number of para-hydroxylation sites is 1. The van der Waals surface area contributed by atoms with Gasteiger partial charge in [-0.15, -0.1) is 0 Å². The minimum absolute atomic E-state index is 0.241. The molecule has 0 unspecified atom stereocenters. The van der Waals surface area contributed by atoms with Gasteiger partial charge in [0, 0.05) is 16.9 Å². The van der Waals surface area contributed by atoms with Gasteiger partial charge in [0.05, 0.1) is 6.54 Å². The molecule has 0 atom stereocenters. The first kappa shape index (κ1) is 17.4. The molecule has 24 heavy (non-hydrogen) atoms. The van der Waals surface area contributed by atoms with Crippen LogP contribution in [-0.2, 0) is 4.74 Å². The van der Waals surface area contributed by atoms with Crippen LogP contribution >= 0.6 is 0 Å². The van der Waals surface area contributed by atoms with E-state index in [4.69, 9.17) is 4.74 Å². The van der Waals surface area contributed by atoms with Gasteiger partial charge in [-0.3, -0.25) is 0 Å². The average molecular weight is 322 g/mol. The Morgan fingerprint density at radius 1 is 1.04 bits per heavy atom. The second-order valence-corrected chi connectivity index (χ2v) is 6.23. The predicted octanol–water partition coefficient (Wildman–Crippen LogP) is 4.31. The van der Waals surface area contributed by atoms with Crippen molar-refractivity contribution in [1.82, 2.24) is 5.32 Å². The Bertz CT molecular complexity index is 737. The molecule has 0 aliphatic rings. The number of hydrogen-bond acceptors (Lipinski definition) is 3. The Labute approximate surface area is 143 Å². The summed E-state index contributed by atoms with van der Waals surface area (Å²) in [6, 6.07) is 17.8. The summed E-state index contributed by atoms with van der Waals surface area (Å²) in [4.78, 5) is 11.5. The molecule has 4 heteroatoms. The Morgan fingerprint density at radius 2 is 1.75 bits per heavy atom. The van der Waals surface area contributed by atoms with Gasteiger partial charge in [0.25, 0.3) is 0 Å². The number of carbonyl (C=O) groups excluding carboxylic acids is 1. The molecule has 4 nitrogen and oxygen atoms in total. The van der Waals surface area contributed by atoms with Crippen molar-refractivity contribution < 1.29 is 9.53 Å². The molecule has 2 N–H and O–H groups in total. The highest BCUT2D eigenvalue weighted by molar-refractivity contribution is 5.68. The Morgan fingerprint density at radius 3 is 2.46 bits per heavy atom. The van der Waals surface area contributed by atoms with Gasteiger partial charge >= 0.3 is 6.09 Å². The first-order valence-corrected chi connectivity index (χ1v) is 7.80. The molecule has 0 heterocycles. The zero-order chi connectivity index (χ0) is 17.4. The number of anilines is 2. The number of carbonyl (C=O) groups is 1. The minimum atomic E-state index is -0.505. The number of amides is 1. The second-order valence-electron chi connectivity index (χ2n) is 6.23. The molecule has 0 bridgehead atoms. The maximum absolute atomic E-state index is 11.5. The highest BCUT2D eigenvalue weighted by atomic mass is 16.6. The molecule has 2 rings (SSSR count). The van der Waals surface area contributed by atoms with Crippen LogP contribution in [0.5, 0.6) is 0 Å². The third-order valence-electron chi connectivity index (χ3n) is 2.88. The smallest absolute Gasteiger partial charge is 0.408 e. The molecule has 124 valence electrons. The van der Waals surface area contributed by atoms with Crippen LogP contribution in [0.3, 0.4) is 0 Å². The zero-order valence-electron chi connectivity index (χ0n) is 14.2. The molecule has 0 fully saturated rings. The highest BCUT2D eigenvalue weighted by Gasteiger charge is 2.14. The van der Waals surface area contributed by atoms with E-state index in [0.29, 0.717) is 0 Å².